The topological polar surface area (TPSA) is 61.5 Å². The van der Waals surface area contributed by atoms with Crippen LogP contribution in [0, 0.1) is 20.8 Å². The maximum absolute atomic E-state index is 11.5. The first-order valence-electron chi connectivity index (χ1n) is 6.86. The molecule has 0 heterocycles. The first-order chi connectivity index (χ1) is 9.27. The van der Waals surface area contributed by atoms with E-state index in [4.69, 9.17) is 10.5 Å². The lowest BCUT2D eigenvalue weighted by Crippen LogP contribution is -2.45. The molecular weight excluding hydrogens is 254 g/mol. The summed E-state index contributed by atoms with van der Waals surface area (Å²) in [6, 6.07) is 4.20. The second-order valence-corrected chi connectivity index (χ2v) is 5.59. The highest BCUT2D eigenvalue weighted by molar-refractivity contribution is 5.79. The summed E-state index contributed by atoms with van der Waals surface area (Å²) < 4.78 is 10.5. The maximum atomic E-state index is 11.5. The fourth-order valence-electron chi connectivity index (χ4n) is 2.34. The molecule has 0 radical (unpaired) electrons. The quantitative estimate of drug-likeness (QED) is 0.642. The fraction of sp³-hybridized carbons (Fsp3) is 0.562. The number of carbonyl (C=O) groups is 1. The number of esters is 1. The molecule has 2 N–H and O–H groups in total. The molecule has 112 valence electrons. The molecule has 4 nitrogen and oxygen atoms in total. The SMILES string of the molecule is COC(=O)C(C)(N)CCCOc1c(C)cc(C)cc1C. The third-order valence-corrected chi connectivity index (χ3v) is 3.34. The van der Waals surface area contributed by atoms with Crippen molar-refractivity contribution in [3.8, 4) is 5.75 Å². The Bertz CT molecular complexity index is 458. The van der Waals surface area contributed by atoms with Crippen molar-refractivity contribution in [2.75, 3.05) is 13.7 Å². The Morgan fingerprint density at radius 1 is 1.25 bits per heavy atom. The van der Waals surface area contributed by atoms with Gasteiger partial charge in [-0.15, -0.1) is 0 Å². The van der Waals surface area contributed by atoms with Crippen molar-refractivity contribution in [3.63, 3.8) is 0 Å². The molecule has 0 saturated carbocycles. The van der Waals surface area contributed by atoms with Gasteiger partial charge in [0.05, 0.1) is 13.7 Å². The van der Waals surface area contributed by atoms with E-state index in [9.17, 15) is 4.79 Å². The highest BCUT2D eigenvalue weighted by Crippen LogP contribution is 2.25. The predicted octanol–water partition coefficient (Wildman–Crippen LogP) is 2.66. The number of ether oxygens (including phenoxy) is 2. The number of hydrogen-bond acceptors (Lipinski definition) is 4. The summed E-state index contributed by atoms with van der Waals surface area (Å²) in [5.74, 6) is 0.535. The van der Waals surface area contributed by atoms with Gasteiger partial charge in [-0.25, -0.2) is 0 Å². The van der Waals surface area contributed by atoms with Crippen molar-refractivity contribution < 1.29 is 14.3 Å². The van der Waals surface area contributed by atoms with Crippen LogP contribution in [0.15, 0.2) is 12.1 Å². The first-order valence-corrected chi connectivity index (χ1v) is 6.86. The minimum atomic E-state index is -0.949. The van der Waals surface area contributed by atoms with Crippen molar-refractivity contribution in [1.29, 1.82) is 0 Å². The van der Waals surface area contributed by atoms with E-state index in [1.165, 1.54) is 12.7 Å². The van der Waals surface area contributed by atoms with E-state index in [-0.39, 0.29) is 5.97 Å². The second-order valence-electron chi connectivity index (χ2n) is 5.59. The van der Waals surface area contributed by atoms with Crippen molar-refractivity contribution in [2.45, 2.75) is 46.1 Å². The number of benzene rings is 1. The summed E-state index contributed by atoms with van der Waals surface area (Å²) in [5, 5.41) is 0. The maximum Gasteiger partial charge on any atom is 0.325 e. The van der Waals surface area contributed by atoms with E-state index < -0.39 is 5.54 Å². The van der Waals surface area contributed by atoms with Crippen molar-refractivity contribution >= 4 is 5.97 Å². The zero-order valence-electron chi connectivity index (χ0n) is 13.1. The first kappa shape index (κ1) is 16.5. The minimum Gasteiger partial charge on any atom is -0.493 e. The predicted molar refractivity (Wildman–Crippen MR) is 80.0 cm³/mol. The molecule has 0 saturated heterocycles. The molecular formula is C16H25NO3. The van der Waals surface area contributed by atoms with Crippen molar-refractivity contribution in [3.05, 3.63) is 28.8 Å². The summed E-state index contributed by atoms with van der Waals surface area (Å²) in [6.07, 6.45) is 1.23. The van der Waals surface area contributed by atoms with Crippen LogP contribution < -0.4 is 10.5 Å². The van der Waals surface area contributed by atoms with Crippen LogP contribution in [0.2, 0.25) is 0 Å². The van der Waals surface area contributed by atoms with E-state index in [1.807, 2.05) is 13.8 Å². The number of rotatable bonds is 6. The molecule has 1 atom stereocenters. The highest BCUT2D eigenvalue weighted by atomic mass is 16.5. The standard InChI is InChI=1S/C16H25NO3/c1-11-9-12(2)14(13(3)10-11)20-8-6-7-16(4,17)15(18)19-5/h9-10H,6-8,17H2,1-5H3. The van der Waals surface area contributed by atoms with Gasteiger partial charge < -0.3 is 15.2 Å². The lowest BCUT2D eigenvalue weighted by molar-refractivity contribution is -0.146. The number of aryl methyl sites for hydroxylation is 3. The normalized spacial score (nSPS) is 13.7. The van der Waals surface area contributed by atoms with Crippen LogP contribution >= 0.6 is 0 Å². The van der Waals surface area contributed by atoms with Gasteiger partial charge in [-0.2, -0.15) is 0 Å². The molecule has 1 rings (SSSR count). The van der Waals surface area contributed by atoms with Gasteiger partial charge >= 0.3 is 5.97 Å². The van der Waals surface area contributed by atoms with E-state index >= 15 is 0 Å². The zero-order chi connectivity index (χ0) is 15.3. The lowest BCUT2D eigenvalue weighted by Gasteiger charge is -2.21. The number of hydrogen-bond donors (Lipinski definition) is 1. The summed E-state index contributed by atoms with van der Waals surface area (Å²) in [6.45, 7) is 8.36. The summed E-state index contributed by atoms with van der Waals surface area (Å²) >= 11 is 0. The van der Waals surface area contributed by atoms with E-state index in [0.29, 0.717) is 19.4 Å². The number of nitrogens with two attached hydrogens (primary N) is 1. The van der Waals surface area contributed by atoms with Crippen LogP contribution in [0.25, 0.3) is 0 Å². The number of carbonyl (C=O) groups excluding carboxylic acids is 1. The molecule has 0 aliphatic rings. The van der Waals surface area contributed by atoms with Gasteiger partial charge in [0.25, 0.3) is 0 Å². The average molecular weight is 279 g/mol. The molecule has 0 aromatic heterocycles. The van der Waals surface area contributed by atoms with Gasteiger partial charge in [-0.05, 0) is 51.7 Å². The molecule has 20 heavy (non-hydrogen) atoms. The van der Waals surface area contributed by atoms with E-state index in [0.717, 1.165) is 16.9 Å². The zero-order valence-corrected chi connectivity index (χ0v) is 13.1. The third-order valence-electron chi connectivity index (χ3n) is 3.34. The van der Waals surface area contributed by atoms with E-state index in [2.05, 4.69) is 23.8 Å². The molecule has 0 aliphatic carbocycles. The summed E-state index contributed by atoms with van der Waals surface area (Å²) in [7, 11) is 1.35. The Morgan fingerprint density at radius 3 is 2.30 bits per heavy atom. The molecule has 4 heteroatoms. The van der Waals surface area contributed by atoms with Gasteiger partial charge in [-0.1, -0.05) is 17.7 Å². The summed E-state index contributed by atoms with van der Waals surface area (Å²) in [4.78, 5) is 11.5. The smallest absolute Gasteiger partial charge is 0.325 e. The Balaban J connectivity index is 2.52. The van der Waals surface area contributed by atoms with Crippen LogP contribution in [0.1, 0.15) is 36.5 Å². The largest absolute Gasteiger partial charge is 0.493 e. The minimum absolute atomic E-state index is 0.389. The van der Waals surface area contributed by atoms with Gasteiger partial charge in [0, 0.05) is 0 Å². The second kappa shape index (κ2) is 6.75. The Labute approximate surface area is 121 Å². The monoisotopic (exact) mass is 279 g/mol. The molecule has 1 aromatic carbocycles. The fourth-order valence-corrected chi connectivity index (χ4v) is 2.34. The van der Waals surface area contributed by atoms with Gasteiger partial charge in [0.2, 0.25) is 0 Å². The molecule has 1 aromatic rings. The lowest BCUT2D eigenvalue weighted by atomic mass is 9.98. The van der Waals surface area contributed by atoms with Crippen LogP contribution in [0.3, 0.4) is 0 Å². The Kier molecular flexibility index (Phi) is 5.57. The van der Waals surface area contributed by atoms with E-state index in [1.54, 1.807) is 6.92 Å². The van der Waals surface area contributed by atoms with Gasteiger partial charge in [-0.3, -0.25) is 4.79 Å². The Morgan fingerprint density at radius 2 is 1.80 bits per heavy atom. The molecule has 0 bridgehead atoms. The molecule has 0 aliphatic heterocycles. The summed E-state index contributed by atoms with van der Waals surface area (Å²) in [5.41, 5.74) is 8.44. The molecule has 0 fully saturated rings. The van der Waals surface area contributed by atoms with Crippen LogP contribution in [-0.4, -0.2) is 25.2 Å². The Hall–Kier alpha value is -1.55. The van der Waals surface area contributed by atoms with Crippen LogP contribution in [0.5, 0.6) is 5.75 Å². The van der Waals surface area contributed by atoms with Gasteiger partial charge in [0.15, 0.2) is 0 Å². The average Bonchev–Trinajstić information content (AvgIpc) is 2.35. The third kappa shape index (κ3) is 4.23. The van der Waals surface area contributed by atoms with Crippen molar-refractivity contribution in [1.82, 2.24) is 0 Å². The highest BCUT2D eigenvalue weighted by Gasteiger charge is 2.28. The van der Waals surface area contributed by atoms with Crippen molar-refractivity contribution in [2.24, 2.45) is 5.73 Å². The molecule has 0 spiro atoms. The van der Waals surface area contributed by atoms with Crippen LogP contribution in [-0.2, 0) is 9.53 Å². The molecule has 1 unspecified atom stereocenters. The molecule has 0 amide bonds. The van der Waals surface area contributed by atoms with Gasteiger partial charge in [0.1, 0.15) is 11.3 Å². The van der Waals surface area contributed by atoms with Crippen LogP contribution in [0.4, 0.5) is 0 Å². The number of methoxy groups -OCH3 is 1.